The third-order valence-corrected chi connectivity index (χ3v) is 8.94. The first kappa shape index (κ1) is 35.3. The quantitative estimate of drug-likeness (QED) is 0.176. The average Bonchev–Trinajstić information content (AvgIpc) is 3.12. The fourth-order valence-electron chi connectivity index (χ4n) is 6.51. The number of ether oxygens (including phenoxy) is 2. The summed E-state index contributed by atoms with van der Waals surface area (Å²) in [5, 5.41) is 6.67. The number of hydrogen-bond acceptors (Lipinski definition) is 6. The Morgan fingerprint density at radius 2 is 1.00 bits per heavy atom. The van der Waals surface area contributed by atoms with E-state index in [0.717, 1.165) is 57.9 Å². The molecular weight excluding hydrogens is 620 g/mol. The Labute approximate surface area is 280 Å². The van der Waals surface area contributed by atoms with Gasteiger partial charge in [-0.2, -0.15) is 8.78 Å². The van der Waals surface area contributed by atoms with Crippen LogP contribution in [0.15, 0.2) is 97.1 Å². The monoisotopic (exact) mass is 664 g/mol. The second kappa shape index (κ2) is 18.0. The summed E-state index contributed by atoms with van der Waals surface area (Å²) in [5.41, 5.74) is 3.10. The lowest BCUT2D eigenvalue weighted by Gasteiger charge is -2.35. The van der Waals surface area contributed by atoms with E-state index in [0.29, 0.717) is 17.7 Å². The first-order valence-electron chi connectivity index (χ1n) is 16.5. The van der Waals surface area contributed by atoms with E-state index in [9.17, 15) is 17.6 Å². The average molecular weight is 665 g/mol. The summed E-state index contributed by atoms with van der Waals surface area (Å²) in [6.45, 7) is 4.23. The highest BCUT2D eigenvalue weighted by Gasteiger charge is 2.27. The fourth-order valence-corrected chi connectivity index (χ4v) is 6.51. The number of hydrogen-bond donors (Lipinski definition) is 2. The first-order valence-corrected chi connectivity index (χ1v) is 16.5. The molecule has 2 fully saturated rings. The number of nitrogens with zero attached hydrogens (tertiary/aromatic N) is 2. The maximum absolute atomic E-state index is 14.4. The highest BCUT2D eigenvalue weighted by molar-refractivity contribution is 5.38. The Kier molecular flexibility index (Phi) is 13.2. The van der Waals surface area contributed by atoms with Crippen LogP contribution < -0.4 is 20.1 Å². The maximum Gasteiger partial charge on any atom is 0.387 e. The predicted octanol–water partition coefficient (Wildman–Crippen LogP) is 6.64. The van der Waals surface area contributed by atoms with Crippen LogP contribution in [0.4, 0.5) is 17.6 Å². The normalized spacial score (nSPS) is 16.9. The molecule has 6 rings (SSSR count). The topological polar surface area (TPSA) is 49.0 Å². The molecular formula is C38H44F4N4O2. The summed E-state index contributed by atoms with van der Waals surface area (Å²) < 4.78 is 64.1. The van der Waals surface area contributed by atoms with Gasteiger partial charge < -0.3 is 20.1 Å². The van der Waals surface area contributed by atoms with Gasteiger partial charge >= 0.3 is 6.61 Å². The van der Waals surface area contributed by atoms with E-state index in [1.165, 1.54) is 29.8 Å². The highest BCUT2D eigenvalue weighted by atomic mass is 19.3. The van der Waals surface area contributed by atoms with Crippen LogP contribution >= 0.6 is 0 Å². The Balaban J connectivity index is 0.000000188. The van der Waals surface area contributed by atoms with Gasteiger partial charge in [0.1, 0.15) is 23.1 Å². The Hall–Kier alpha value is -3.96. The van der Waals surface area contributed by atoms with Crippen LogP contribution in [-0.2, 0) is 12.8 Å². The van der Waals surface area contributed by atoms with Gasteiger partial charge in [-0.15, -0.1) is 0 Å². The number of nitrogens with one attached hydrogen (secondary N) is 2. The molecule has 2 aliphatic heterocycles. The van der Waals surface area contributed by atoms with Crippen molar-refractivity contribution in [1.82, 2.24) is 20.4 Å². The summed E-state index contributed by atoms with van der Waals surface area (Å²) in [6.07, 6.45) is 0.888. The van der Waals surface area contributed by atoms with Crippen molar-refractivity contribution in [3.05, 3.63) is 131 Å². The molecule has 256 valence electrons. The summed E-state index contributed by atoms with van der Waals surface area (Å²) >= 11 is 0. The molecule has 0 bridgehead atoms. The van der Waals surface area contributed by atoms with Crippen molar-refractivity contribution >= 4 is 0 Å². The number of piperazine rings is 2. The minimum Gasteiger partial charge on any atom is -0.496 e. The first-order chi connectivity index (χ1) is 23.4. The van der Waals surface area contributed by atoms with Crippen LogP contribution in [0, 0.1) is 11.6 Å². The van der Waals surface area contributed by atoms with Crippen LogP contribution in [0.1, 0.15) is 34.3 Å². The standard InChI is InChI=1S/C19H21F3N2O.C19H23FN2O/c20-16-7-4-8-18(25-19(21)22)15(16)13-17(14-5-2-1-3-6-14)24-11-9-23-10-12-24;1-23-19-9-5-8-17(20)16(19)14-18(15-6-3-2-4-7-15)22-12-10-21-11-13-22/h1-8,17,19,23H,9-13H2;2-9,18,21H,10-14H2,1H3. The van der Waals surface area contributed by atoms with Gasteiger partial charge in [0.25, 0.3) is 0 Å². The molecule has 0 spiro atoms. The SMILES string of the molecule is COc1cccc(F)c1CC(c1ccccc1)N1CCNCC1.Fc1cccc(OC(F)F)c1CC(c1ccccc1)N1CCNCC1. The number of benzene rings is 4. The van der Waals surface area contributed by atoms with E-state index in [-0.39, 0.29) is 35.6 Å². The van der Waals surface area contributed by atoms with E-state index in [4.69, 9.17) is 4.74 Å². The van der Waals surface area contributed by atoms with Gasteiger partial charge in [0, 0.05) is 75.6 Å². The van der Waals surface area contributed by atoms with E-state index in [1.54, 1.807) is 13.2 Å². The fraction of sp³-hybridized carbons (Fsp3) is 0.368. The third kappa shape index (κ3) is 9.56. The van der Waals surface area contributed by atoms with E-state index < -0.39 is 12.4 Å². The molecule has 2 heterocycles. The van der Waals surface area contributed by atoms with Crippen molar-refractivity contribution in [2.24, 2.45) is 0 Å². The zero-order valence-electron chi connectivity index (χ0n) is 27.3. The molecule has 48 heavy (non-hydrogen) atoms. The van der Waals surface area contributed by atoms with E-state index in [2.05, 4.69) is 37.3 Å². The van der Waals surface area contributed by atoms with Gasteiger partial charge in [0.15, 0.2) is 0 Å². The van der Waals surface area contributed by atoms with Gasteiger partial charge in [0.2, 0.25) is 0 Å². The Morgan fingerprint density at radius 3 is 1.42 bits per heavy atom. The lowest BCUT2D eigenvalue weighted by molar-refractivity contribution is -0.0508. The van der Waals surface area contributed by atoms with Crippen LogP contribution in [-0.4, -0.2) is 75.9 Å². The molecule has 2 saturated heterocycles. The zero-order chi connectivity index (χ0) is 33.7. The van der Waals surface area contributed by atoms with Crippen molar-refractivity contribution in [3.8, 4) is 11.5 Å². The predicted molar refractivity (Wildman–Crippen MR) is 181 cm³/mol. The molecule has 0 aliphatic carbocycles. The van der Waals surface area contributed by atoms with Crippen molar-refractivity contribution in [3.63, 3.8) is 0 Å². The van der Waals surface area contributed by atoms with Gasteiger partial charge in [0.05, 0.1) is 7.11 Å². The summed E-state index contributed by atoms with van der Waals surface area (Å²) in [4.78, 5) is 4.68. The van der Waals surface area contributed by atoms with Crippen molar-refractivity contribution < 1.29 is 27.0 Å². The van der Waals surface area contributed by atoms with Gasteiger partial charge in [-0.05, 0) is 48.2 Å². The van der Waals surface area contributed by atoms with Crippen molar-refractivity contribution in [2.45, 2.75) is 31.5 Å². The van der Waals surface area contributed by atoms with Crippen LogP contribution in [0.3, 0.4) is 0 Å². The summed E-state index contributed by atoms with van der Waals surface area (Å²) in [5.74, 6) is -0.179. The molecule has 0 saturated carbocycles. The van der Waals surface area contributed by atoms with Crippen LogP contribution in [0.2, 0.25) is 0 Å². The van der Waals surface area contributed by atoms with Crippen molar-refractivity contribution in [2.75, 3.05) is 59.5 Å². The zero-order valence-corrected chi connectivity index (χ0v) is 27.3. The van der Waals surface area contributed by atoms with Crippen LogP contribution in [0.5, 0.6) is 11.5 Å². The minimum absolute atomic E-state index is 0.0916. The molecule has 2 aliphatic rings. The highest BCUT2D eigenvalue weighted by Crippen LogP contribution is 2.33. The molecule has 4 aromatic carbocycles. The Morgan fingerprint density at radius 1 is 0.583 bits per heavy atom. The lowest BCUT2D eigenvalue weighted by atomic mass is 9.96. The molecule has 2 N–H and O–H groups in total. The molecule has 0 amide bonds. The molecule has 2 unspecified atom stereocenters. The summed E-state index contributed by atoms with van der Waals surface area (Å²) in [7, 11) is 1.60. The molecule has 0 radical (unpaired) electrons. The van der Waals surface area contributed by atoms with E-state index in [1.807, 2.05) is 54.6 Å². The lowest BCUT2D eigenvalue weighted by Crippen LogP contribution is -2.45. The number of alkyl halides is 2. The largest absolute Gasteiger partial charge is 0.496 e. The summed E-state index contributed by atoms with van der Waals surface area (Å²) in [6, 6.07) is 29.3. The van der Waals surface area contributed by atoms with E-state index >= 15 is 0 Å². The smallest absolute Gasteiger partial charge is 0.387 e. The third-order valence-electron chi connectivity index (χ3n) is 8.94. The Bertz CT molecular complexity index is 1530. The van der Waals surface area contributed by atoms with Gasteiger partial charge in [-0.3, -0.25) is 9.80 Å². The second-order valence-electron chi connectivity index (χ2n) is 11.8. The maximum atomic E-state index is 14.4. The molecule has 6 nitrogen and oxygen atoms in total. The number of methoxy groups -OCH3 is 1. The van der Waals surface area contributed by atoms with Crippen molar-refractivity contribution in [1.29, 1.82) is 0 Å². The molecule has 0 aromatic heterocycles. The molecule has 4 aromatic rings. The number of rotatable bonds is 11. The number of halogens is 4. The minimum atomic E-state index is -2.98. The van der Waals surface area contributed by atoms with Gasteiger partial charge in [-0.25, -0.2) is 8.78 Å². The van der Waals surface area contributed by atoms with Gasteiger partial charge in [-0.1, -0.05) is 72.8 Å². The molecule has 10 heteroatoms. The second-order valence-corrected chi connectivity index (χ2v) is 11.8. The van der Waals surface area contributed by atoms with Crippen LogP contribution in [0.25, 0.3) is 0 Å². The molecule has 2 atom stereocenters.